The number of aromatic nitrogens is 2. The molecule has 2 aromatic heterocycles. The second kappa shape index (κ2) is 10.3. The number of halogens is 1. The number of nitrogens with one attached hydrogen (secondary N) is 2. The maximum atomic E-state index is 5.31. The van der Waals surface area contributed by atoms with E-state index >= 15 is 0 Å². The minimum atomic E-state index is 0. The standard InChI is InChI=1S/C16H25N5O.HI/c1-4-17-16(19-10-14-6-5-9-22-14)20-11-15-18-7-8-21(15)12-13(2)3;/h5-9,13H,4,10-12H2,1-3H3,(H2,17,19,20);1H. The molecule has 0 atom stereocenters. The fourth-order valence-electron chi connectivity index (χ4n) is 2.13. The number of nitrogens with zero attached hydrogens (tertiary/aromatic N) is 3. The molecule has 7 heteroatoms. The van der Waals surface area contributed by atoms with Crippen LogP contribution in [0.15, 0.2) is 40.2 Å². The molecule has 0 amide bonds. The zero-order valence-corrected chi connectivity index (χ0v) is 16.3. The Morgan fingerprint density at radius 1 is 1.39 bits per heavy atom. The number of aliphatic imine (C=N–C) groups is 1. The van der Waals surface area contributed by atoms with E-state index in [9.17, 15) is 0 Å². The maximum absolute atomic E-state index is 5.31. The van der Waals surface area contributed by atoms with Gasteiger partial charge in [0.15, 0.2) is 5.96 Å². The van der Waals surface area contributed by atoms with E-state index in [1.54, 1.807) is 6.26 Å². The van der Waals surface area contributed by atoms with E-state index in [0.717, 1.165) is 30.6 Å². The van der Waals surface area contributed by atoms with Crippen molar-refractivity contribution in [3.63, 3.8) is 0 Å². The lowest BCUT2D eigenvalue weighted by atomic mass is 10.2. The van der Waals surface area contributed by atoms with Gasteiger partial charge in [0.2, 0.25) is 0 Å². The molecule has 0 aliphatic rings. The normalized spacial score (nSPS) is 11.4. The molecular formula is C16H26IN5O. The fraction of sp³-hybridized carbons (Fsp3) is 0.500. The topological polar surface area (TPSA) is 67.4 Å². The van der Waals surface area contributed by atoms with Crippen molar-refractivity contribution >= 4 is 29.9 Å². The van der Waals surface area contributed by atoms with E-state index in [1.165, 1.54) is 0 Å². The Morgan fingerprint density at radius 3 is 2.87 bits per heavy atom. The summed E-state index contributed by atoms with van der Waals surface area (Å²) in [5.74, 6) is 3.20. The van der Waals surface area contributed by atoms with E-state index in [2.05, 4.69) is 39.0 Å². The average molecular weight is 431 g/mol. The van der Waals surface area contributed by atoms with Crippen LogP contribution in [0, 0.1) is 5.92 Å². The molecule has 0 aliphatic heterocycles. The summed E-state index contributed by atoms with van der Waals surface area (Å²) in [7, 11) is 0. The van der Waals surface area contributed by atoms with Crippen LogP contribution in [0.5, 0.6) is 0 Å². The zero-order chi connectivity index (χ0) is 15.8. The van der Waals surface area contributed by atoms with Crippen LogP contribution in [0.4, 0.5) is 0 Å². The molecule has 2 aromatic rings. The Morgan fingerprint density at radius 2 is 2.22 bits per heavy atom. The predicted molar refractivity (Wildman–Crippen MR) is 103 cm³/mol. The van der Waals surface area contributed by atoms with Gasteiger partial charge in [-0.15, -0.1) is 24.0 Å². The largest absolute Gasteiger partial charge is 0.467 e. The lowest BCUT2D eigenvalue weighted by Crippen LogP contribution is -2.36. The Bertz CT molecular complexity index is 577. The monoisotopic (exact) mass is 431 g/mol. The third kappa shape index (κ3) is 6.64. The molecule has 0 unspecified atom stereocenters. The summed E-state index contributed by atoms with van der Waals surface area (Å²) in [5, 5.41) is 6.48. The van der Waals surface area contributed by atoms with Gasteiger partial charge in [0.05, 0.1) is 12.8 Å². The van der Waals surface area contributed by atoms with E-state index < -0.39 is 0 Å². The minimum Gasteiger partial charge on any atom is -0.467 e. The molecule has 0 radical (unpaired) electrons. The van der Waals surface area contributed by atoms with Crippen molar-refractivity contribution in [2.24, 2.45) is 10.9 Å². The van der Waals surface area contributed by atoms with Crippen LogP contribution in [0.1, 0.15) is 32.4 Å². The Balaban J connectivity index is 0.00000264. The van der Waals surface area contributed by atoms with Gasteiger partial charge in [0.25, 0.3) is 0 Å². The molecule has 128 valence electrons. The summed E-state index contributed by atoms with van der Waals surface area (Å²) in [6.45, 7) is 9.37. The van der Waals surface area contributed by atoms with Crippen LogP contribution in [0.2, 0.25) is 0 Å². The summed E-state index contributed by atoms with van der Waals surface area (Å²) in [6, 6.07) is 3.82. The molecule has 0 aromatic carbocycles. The highest BCUT2D eigenvalue weighted by Gasteiger charge is 2.05. The van der Waals surface area contributed by atoms with Gasteiger partial charge in [-0.3, -0.25) is 0 Å². The van der Waals surface area contributed by atoms with Gasteiger partial charge in [0.1, 0.15) is 18.1 Å². The number of guanidine groups is 1. The van der Waals surface area contributed by atoms with Crippen molar-refractivity contribution in [1.82, 2.24) is 20.2 Å². The molecule has 2 rings (SSSR count). The van der Waals surface area contributed by atoms with Crippen molar-refractivity contribution in [3.05, 3.63) is 42.4 Å². The lowest BCUT2D eigenvalue weighted by Gasteiger charge is -2.11. The molecule has 2 heterocycles. The van der Waals surface area contributed by atoms with Crippen LogP contribution >= 0.6 is 24.0 Å². The number of rotatable bonds is 7. The van der Waals surface area contributed by atoms with E-state index in [1.807, 2.05) is 31.5 Å². The predicted octanol–water partition coefficient (Wildman–Crippen LogP) is 3.01. The third-order valence-corrected chi connectivity index (χ3v) is 3.10. The van der Waals surface area contributed by atoms with Crippen molar-refractivity contribution in [2.75, 3.05) is 6.54 Å². The van der Waals surface area contributed by atoms with Gasteiger partial charge >= 0.3 is 0 Å². The molecule has 0 saturated heterocycles. The zero-order valence-electron chi connectivity index (χ0n) is 14.0. The van der Waals surface area contributed by atoms with Crippen molar-refractivity contribution in [1.29, 1.82) is 0 Å². The fourth-order valence-corrected chi connectivity index (χ4v) is 2.13. The average Bonchev–Trinajstić information content (AvgIpc) is 3.13. The summed E-state index contributed by atoms with van der Waals surface area (Å²) in [5.41, 5.74) is 0. The van der Waals surface area contributed by atoms with Crippen molar-refractivity contribution in [2.45, 2.75) is 40.4 Å². The van der Waals surface area contributed by atoms with Crippen molar-refractivity contribution < 1.29 is 4.42 Å². The molecule has 0 aliphatic carbocycles. The van der Waals surface area contributed by atoms with Crippen LogP contribution in [-0.2, 0) is 19.6 Å². The number of hydrogen-bond acceptors (Lipinski definition) is 3. The van der Waals surface area contributed by atoms with E-state index in [-0.39, 0.29) is 24.0 Å². The summed E-state index contributed by atoms with van der Waals surface area (Å²) >= 11 is 0. The minimum absolute atomic E-state index is 0. The Labute approximate surface area is 154 Å². The third-order valence-electron chi connectivity index (χ3n) is 3.10. The first-order valence-electron chi connectivity index (χ1n) is 7.73. The molecule has 6 nitrogen and oxygen atoms in total. The SMILES string of the molecule is CCNC(=NCc1nccn1CC(C)C)NCc1ccco1.I. The van der Waals surface area contributed by atoms with Gasteiger partial charge in [-0.2, -0.15) is 0 Å². The van der Waals surface area contributed by atoms with Crippen molar-refractivity contribution in [3.8, 4) is 0 Å². The molecule has 0 fully saturated rings. The molecule has 0 spiro atoms. The number of imidazole rings is 1. The smallest absolute Gasteiger partial charge is 0.192 e. The van der Waals surface area contributed by atoms with Gasteiger partial charge in [0, 0.05) is 25.5 Å². The number of furan rings is 1. The number of hydrogen-bond donors (Lipinski definition) is 2. The van der Waals surface area contributed by atoms with E-state index in [0.29, 0.717) is 19.0 Å². The van der Waals surface area contributed by atoms with Gasteiger partial charge in [-0.25, -0.2) is 9.98 Å². The highest BCUT2D eigenvalue weighted by molar-refractivity contribution is 14.0. The lowest BCUT2D eigenvalue weighted by molar-refractivity contribution is 0.500. The first-order valence-corrected chi connectivity index (χ1v) is 7.73. The highest BCUT2D eigenvalue weighted by atomic mass is 127. The molecule has 0 saturated carbocycles. The first-order chi connectivity index (χ1) is 10.7. The highest BCUT2D eigenvalue weighted by Crippen LogP contribution is 2.05. The van der Waals surface area contributed by atoms with Crippen LogP contribution in [0.25, 0.3) is 0 Å². The maximum Gasteiger partial charge on any atom is 0.192 e. The van der Waals surface area contributed by atoms with Gasteiger partial charge in [-0.1, -0.05) is 13.8 Å². The molecule has 2 N–H and O–H groups in total. The van der Waals surface area contributed by atoms with Gasteiger partial charge in [-0.05, 0) is 25.0 Å². The van der Waals surface area contributed by atoms with E-state index in [4.69, 9.17) is 4.42 Å². The second-order valence-corrected chi connectivity index (χ2v) is 5.52. The molecule has 23 heavy (non-hydrogen) atoms. The van der Waals surface area contributed by atoms with Gasteiger partial charge < -0.3 is 19.6 Å². The Hall–Kier alpha value is -1.51. The second-order valence-electron chi connectivity index (χ2n) is 5.52. The summed E-state index contributed by atoms with van der Waals surface area (Å²) < 4.78 is 7.47. The summed E-state index contributed by atoms with van der Waals surface area (Å²) in [6.07, 6.45) is 5.51. The molecule has 0 bridgehead atoms. The summed E-state index contributed by atoms with van der Waals surface area (Å²) in [4.78, 5) is 8.99. The van der Waals surface area contributed by atoms with Crippen LogP contribution in [-0.4, -0.2) is 22.1 Å². The van der Waals surface area contributed by atoms with Crippen LogP contribution < -0.4 is 10.6 Å². The quantitative estimate of drug-likeness (QED) is 0.402. The first kappa shape index (κ1) is 19.5. The van der Waals surface area contributed by atoms with Crippen LogP contribution in [0.3, 0.4) is 0 Å². The Kier molecular flexibility index (Phi) is 8.75. The molecular weight excluding hydrogens is 405 g/mol.